The van der Waals surface area contributed by atoms with Crippen molar-refractivity contribution < 1.29 is 9.53 Å². The van der Waals surface area contributed by atoms with Crippen LogP contribution in [0.4, 0.5) is 0 Å². The topological polar surface area (TPSA) is 36.0 Å². The van der Waals surface area contributed by atoms with Crippen molar-refractivity contribution in [2.45, 2.75) is 6.35 Å². The largest absolute Gasteiger partial charge is 0.429 e. The molecular weight excluding hydrogens is 182 g/mol. The summed E-state index contributed by atoms with van der Waals surface area (Å²) in [5.41, 5.74) is 0. The fraction of sp³-hybridized carbons (Fsp3) is 0.667. The SMILES string of the molecule is C=CC(=O)OC1N(C)CN(C)CN1C. The normalized spacial score (nSPS) is 22.2. The Bertz CT molecular complexity index is 220. The number of hydrogen-bond acceptors (Lipinski definition) is 5. The molecule has 1 fully saturated rings. The van der Waals surface area contributed by atoms with E-state index < -0.39 is 5.97 Å². The molecule has 0 aromatic carbocycles. The third kappa shape index (κ3) is 2.54. The molecule has 0 aliphatic carbocycles. The van der Waals surface area contributed by atoms with Gasteiger partial charge in [-0.05, 0) is 21.1 Å². The molecule has 0 radical (unpaired) electrons. The lowest BCUT2D eigenvalue weighted by molar-refractivity contribution is -0.196. The van der Waals surface area contributed by atoms with Crippen LogP contribution in [0.1, 0.15) is 0 Å². The summed E-state index contributed by atoms with van der Waals surface area (Å²) in [6.45, 7) is 4.92. The van der Waals surface area contributed by atoms with E-state index in [9.17, 15) is 4.79 Å². The van der Waals surface area contributed by atoms with Gasteiger partial charge in [-0.1, -0.05) is 6.58 Å². The highest BCUT2D eigenvalue weighted by Crippen LogP contribution is 2.11. The Balaban J connectivity index is 2.58. The first-order valence-corrected chi connectivity index (χ1v) is 4.46. The van der Waals surface area contributed by atoms with Crippen molar-refractivity contribution in [3.8, 4) is 0 Å². The zero-order chi connectivity index (χ0) is 10.7. The van der Waals surface area contributed by atoms with Gasteiger partial charge in [-0.15, -0.1) is 0 Å². The van der Waals surface area contributed by atoms with Crippen molar-refractivity contribution in [2.24, 2.45) is 0 Å². The van der Waals surface area contributed by atoms with E-state index in [0.29, 0.717) is 0 Å². The molecule has 0 unspecified atom stereocenters. The van der Waals surface area contributed by atoms with E-state index in [1.165, 1.54) is 6.08 Å². The quantitative estimate of drug-likeness (QED) is 0.451. The minimum atomic E-state index is -0.391. The molecule has 0 spiro atoms. The highest BCUT2D eigenvalue weighted by molar-refractivity contribution is 5.81. The zero-order valence-corrected chi connectivity index (χ0v) is 8.93. The van der Waals surface area contributed by atoms with Crippen molar-refractivity contribution in [3.63, 3.8) is 0 Å². The Kier molecular flexibility index (Phi) is 3.62. The molecule has 0 amide bonds. The van der Waals surface area contributed by atoms with Gasteiger partial charge in [0.2, 0.25) is 6.35 Å². The van der Waals surface area contributed by atoms with Crippen molar-refractivity contribution in [3.05, 3.63) is 12.7 Å². The summed E-state index contributed by atoms with van der Waals surface area (Å²) in [5, 5.41) is 0. The Morgan fingerprint density at radius 2 is 1.86 bits per heavy atom. The lowest BCUT2D eigenvalue weighted by Gasteiger charge is -2.42. The predicted molar refractivity (Wildman–Crippen MR) is 53.1 cm³/mol. The molecule has 0 bridgehead atoms. The Labute approximate surface area is 84.5 Å². The molecule has 80 valence electrons. The molecule has 0 aromatic rings. The van der Waals surface area contributed by atoms with Crippen LogP contribution in [0, 0.1) is 0 Å². The molecule has 14 heavy (non-hydrogen) atoms. The molecule has 1 aliphatic heterocycles. The monoisotopic (exact) mass is 199 g/mol. The van der Waals surface area contributed by atoms with Crippen molar-refractivity contribution >= 4 is 5.97 Å². The van der Waals surface area contributed by atoms with Crippen LogP contribution in [-0.4, -0.2) is 61.5 Å². The first-order chi connectivity index (χ1) is 6.54. The number of carbonyl (C=O) groups excluding carboxylic acids is 1. The van der Waals surface area contributed by atoms with Crippen molar-refractivity contribution in [1.29, 1.82) is 0 Å². The van der Waals surface area contributed by atoms with Crippen LogP contribution in [0.2, 0.25) is 0 Å². The van der Waals surface area contributed by atoms with Gasteiger partial charge in [0.25, 0.3) is 0 Å². The van der Waals surface area contributed by atoms with Crippen LogP contribution in [0.15, 0.2) is 12.7 Å². The molecule has 0 saturated carbocycles. The Hall–Kier alpha value is -0.910. The van der Waals surface area contributed by atoms with Gasteiger partial charge in [0.05, 0.1) is 13.3 Å². The predicted octanol–water partition coefficient (Wildman–Crippen LogP) is -0.277. The summed E-state index contributed by atoms with van der Waals surface area (Å²) in [5.74, 6) is -0.391. The van der Waals surface area contributed by atoms with Gasteiger partial charge in [-0.25, -0.2) is 14.6 Å². The smallest absolute Gasteiger partial charge is 0.332 e. The maximum absolute atomic E-state index is 11.0. The Morgan fingerprint density at radius 1 is 1.36 bits per heavy atom. The zero-order valence-electron chi connectivity index (χ0n) is 8.93. The molecule has 1 aliphatic rings. The van der Waals surface area contributed by atoms with Gasteiger partial charge < -0.3 is 4.74 Å². The summed E-state index contributed by atoms with van der Waals surface area (Å²) in [6.07, 6.45) is 0.886. The number of esters is 1. The van der Waals surface area contributed by atoms with E-state index >= 15 is 0 Å². The van der Waals surface area contributed by atoms with E-state index in [2.05, 4.69) is 11.5 Å². The number of ether oxygens (including phenoxy) is 1. The first-order valence-electron chi connectivity index (χ1n) is 4.46. The molecule has 5 heteroatoms. The van der Waals surface area contributed by atoms with E-state index in [1.54, 1.807) is 0 Å². The molecule has 1 rings (SSSR count). The van der Waals surface area contributed by atoms with Crippen LogP contribution < -0.4 is 0 Å². The fourth-order valence-electron chi connectivity index (χ4n) is 1.61. The summed E-state index contributed by atoms with van der Waals surface area (Å²) in [7, 11) is 5.83. The van der Waals surface area contributed by atoms with Crippen LogP contribution in [0.25, 0.3) is 0 Å². The first kappa shape index (κ1) is 11.2. The average molecular weight is 199 g/mol. The minimum absolute atomic E-state index is 0.295. The standard InChI is InChI=1S/C9H17N3O2/c1-5-8(13)14-9-11(3)6-10(2)7-12(9)4/h5,9H,1,6-7H2,2-4H3. The molecule has 1 heterocycles. The maximum atomic E-state index is 11.0. The van der Waals surface area contributed by atoms with Crippen molar-refractivity contribution in [1.82, 2.24) is 14.7 Å². The number of hydrogen-bond donors (Lipinski definition) is 0. The highest BCUT2D eigenvalue weighted by atomic mass is 16.6. The van der Waals surface area contributed by atoms with Crippen LogP contribution in [0.5, 0.6) is 0 Å². The molecule has 0 aromatic heterocycles. The average Bonchev–Trinajstić information content (AvgIpc) is 2.10. The molecule has 0 N–H and O–H groups in total. The molecule has 5 nitrogen and oxygen atoms in total. The van der Waals surface area contributed by atoms with Gasteiger partial charge in [0, 0.05) is 6.08 Å². The summed E-state index contributed by atoms with van der Waals surface area (Å²) >= 11 is 0. The number of rotatable bonds is 2. The van der Waals surface area contributed by atoms with Gasteiger partial charge in [0.1, 0.15) is 0 Å². The Morgan fingerprint density at radius 3 is 2.29 bits per heavy atom. The molecular formula is C9H17N3O2. The third-order valence-corrected chi connectivity index (χ3v) is 2.07. The molecule has 0 atom stereocenters. The maximum Gasteiger partial charge on any atom is 0.332 e. The third-order valence-electron chi connectivity index (χ3n) is 2.07. The lowest BCUT2D eigenvalue weighted by Crippen LogP contribution is -2.58. The van der Waals surface area contributed by atoms with Crippen molar-refractivity contribution in [2.75, 3.05) is 34.5 Å². The lowest BCUT2D eigenvalue weighted by atomic mass is 10.5. The second-order valence-electron chi connectivity index (χ2n) is 3.62. The van der Waals surface area contributed by atoms with Gasteiger partial charge in [-0.2, -0.15) is 0 Å². The van der Waals surface area contributed by atoms with Crippen LogP contribution >= 0.6 is 0 Å². The molecule has 1 saturated heterocycles. The number of nitrogens with zero attached hydrogens (tertiary/aromatic N) is 3. The van der Waals surface area contributed by atoms with E-state index in [-0.39, 0.29) is 6.35 Å². The van der Waals surface area contributed by atoms with E-state index in [4.69, 9.17) is 4.74 Å². The number of carbonyl (C=O) groups is 1. The summed E-state index contributed by atoms with van der Waals surface area (Å²) in [6, 6.07) is 0. The second-order valence-corrected chi connectivity index (χ2v) is 3.62. The fourth-order valence-corrected chi connectivity index (χ4v) is 1.61. The second kappa shape index (κ2) is 4.54. The van der Waals surface area contributed by atoms with Crippen LogP contribution in [-0.2, 0) is 9.53 Å². The minimum Gasteiger partial charge on any atom is -0.429 e. The van der Waals surface area contributed by atoms with Gasteiger partial charge in [-0.3, -0.25) is 4.90 Å². The van der Waals surface area contributed by atoms with Gasteiger partial charge in [0.15, 0.2) is 0 Å². The summed E-state index contributed by atoms with van der Waals surface area (Å²) in [4.78, 5) is 17.1. The van der Waals surface area contributed by atoms with Crippen LogP contribution in [0.3, 0.4) is 0 Å². The van der Waals surface area contributed by atoms with Gasteiger partial charge >= 0.3 is 5.97 Å². The van der Waals surface area contributed by atoms with E-state index in [0.717, 1.165) is 13.3 Å². The summed E-state index contributed by atoms with van der Waals surface area (Å²) < 4.78 is 5.18. The highest BCUT2D eigenvalue weighted by Gasteiger charge is 2.28. The van der Waals surface area contributed by atoms with E-state index in [1.807, 2.05) is 30.9 Å².